The maximum absolute atomic E-state index is 12.1. The van der Waals surface area contributed by atoms with Crippen LogP contribution in [0.5, 0.6) is 0 Å². The molecule has 0 saturated heterocycles. The average molecular weight is 268 g/mol. The third kappa shape index (κ3) is 3.25. The van der Waals surface area contributed by atoms with Gasteiger partial charge < -0.3 is 11.1 Å². The van der Waals surface area contributed by atoms with E-state index in [0.29, 0.717) is 28.9 Å². The molecule has 0 bridgehead atoms. The van der Waals surface area contributed by atoms with Crippen molar-refractivity contribution < 1.29 is 4.79 Å². The van der Waals surface area contributed by atoms with Crippen LogP contribution >= 0.6 is 11.3 Å². The molecule has 3 nitrogen and oxygen atoms in total. The highest BCUT2D eigenvalue weighted by Gasteiger charge is 2.23. The molecular formula is C14H24N2OS. The van der Waals surface area contributed by atoms with Crippen LogP contribution in [-0.4, -0.2) is 12.5 Å². The zero-order valence-corrected chi connectivity index (χ0v) is 12.8. The summed E-state index contributed by atoms with van der Waals surface area (Å²) in [5.74, 6) is 0.896. The Balaban J connectivity index is 3.25. The van der Waals surface area contributed by atoms with Gasteiger partial charge in [0.25, 0.3) is 5.91 Å². The van der Waals surface area contributed by atoms with Gasteiger partial charge in [0.05, 0.1) is 10.6 Å². The van der Waals surface area contributed by atoms with Gasteiger partial charge in [0.2, 0.25) is 0 Å². The van der Waals surface area contributed by atoms with Crippen molar-refractivity contribution in [3.63, 3.8) is 0 Å². The second-order valence-corrected chi connectivity index (χ2v) is 6.38. The van der Waals surface area contributed by atoms with Gasteiger partial charge in [0.1, 0.15) is 0 Å². The number of nitrogen functional groups attached to an aromatic ring is 1. The fourth-order valence-electron chi connectivity index (χ4n) is 2.08. The van der Waals surface area contributed by atoms with Crippen LogP contribution < -0.4 is 11.1 Å². The first-order valence-corrected chi connectivity index (χ1v) is 7.39. The van der Waals surface area contributed by atoms with Crippen molar-refractivity contribution in [2.24, 2.45) is 5.92 Å². The van der Waals surface area contributed by atoms with Crippen molar-refractivity contribution in [3.05, 3.63) is 16.0 Å². The predicted octanol–water partition coefficient (Wildman–Crippen LogP) is 3.40. The van der Waals surface area contributed by atoms with E-state index in [1.165, 1.54) is 4.88 Å². The lowest BCUT2D eigenvalue weighted by molar-refractivity contribution is 0.0956. The fourth-order valence-corrected chi connectivity index (χ4v) is 3.18. The lowest BCUT2D eigenvalue weighted by Gasteiger charge is -2.12. The first-order valence-electron chi connectivity index (χ1n) is 6.57. The highest BCUT2D eigenvalue weighted by molar-refractivity contribution is 7.16. The average Bonchev–Trinajstić information content (AvgIpc) is 2.55. The Hall–Kier alpha value is -1.03. The van der Waals surface area contributed by atoms with Gasteiger partial charge in [-0.15, -0.1) is 11.3 Å². The molecule has 0 unspecified atom stereocenters. The van der Waals surface area contributed by atoms with Crippen molar-refractivity contribution in [1.82, 2.24) is 5.32 Å². The lowest BCUT2D eigenvalue weighted by atomic mass is 9.95. The summed E-state index contributed by atoms with van der Waals surface area (Å²) in [6.07, 6.45) is 0.910. The largest absolute Gasteiger partial charge is 0.390 e. The number of amides is 1. The maximum atomic E-state index is 12.1. The normalized spacial score (nSPS) is 11.3. The van der Waals surface area contributed by atoms with Crippen LogP contribution in [0.15, 0.2) is 0 Å². The Morgan fingerprint density at radius 2 is 1.94 bits per heavy atom. The van der Waals surface area contributed by atoms with Gasteiger partial charge in [-0.25, -0.2) is 0 Å². The molecule has 1 heterocycles. The zero-order valence-electron chi connectivity index (χ0n) is 12.0. The summed E-state index contributed by atoms with van der Waals surface area (Å²) in [5, 5.41) is 3.51. The molecule has 0 saturated carbocycles. The van der Waals surface area contributed by atoms with Crippen LogP contribution in [0, 0.1) is 5.92 Å². The number of nitrogens with one attached hydrogen (secondary N) is 1. The standard InChI is InChI=1S/C14H24N2OS/c1-6-16-14(17)11-10(7-8(2)3)12(9(4)5)18-13(11)15/h8-9H,6-7,15H2,1-5H3,(H,16,17). The van der Waals surface area contributed by atoms with Crippen LogP contribution in [0.25, 0.3) is 0 Å². The van der Waals surface area contributed by atoms with Gasteiger partial charge in [-0.05, 0) is 30.7 Å². The summed E-state index contributed by atoms with van der Waals surface area (Å²) >= 11 is 1.56. The molecule has 0 aromatic carbocycles. The van der Waals surface area contributed by atoms with Crippen LogP contribution in [0.4, 0.5) is 5.00 Å². The molecule has 0 aliphatic heterocycles. The Kier molecular flexibility index (Phi) is 5.20. The van der Waals surface area contributed by atoms with Gasteiger partial charge >= 0.3 is 0 Å². The van der Waals surface area contributed by atoms with E-state index in [0.717, 1.165) is 12.0 Å². The molecule has 1 rings (SSSR count). The SMILES string of the molecule is CCNC(=O)c1c(N)sc(C(C)C)c1CC(C)C. The fraction of sp³-hybridized carbons (Fsp3) is 0.643. The van der Waals surface area contributed by atoms with E-state index in [1.807, 2.05) is 6.92 Å². The minimum Gasteiger partial charge on any atom is -0.390 e. The smallest absolute Gasteiger partial charge is 0.254 e. The summed E-state index contributed by atoms with van der Waals surface area (Å²) in [6.45, 7) is 11.2. The van der Waals surface area contributed by atoms with E-state index in [2.05, 4.69) is 33.0 Å². The third-order valence-corrected chi connectivity index (χ3v) is 4.13. The van der Waals surface area contributed by atoms with Gasteiger partial charge in [0.15, 0.2) is 0 Å². The number of thiophene rings is 1. The summed E-state index contributed by atoms with van der Waals surface area (Å²) in [6, 6.07) is 0. The first-order chi connectivity index (χ1) is 8.38. The Morgan fingerprint density at radius 1 is 1.33 bits per heavy atom. The third-order valence-electron chi connectivity index (χ3n) is 2.77. The van der Waals surface area contributed by atoms with Gasteiger partial charge in [-0.3, -0.25) is 4.79 Å². The molecule has 0 aliphatic rings. The second kappa shape index (κ2) is 6.23. The highest BCUT2D eigenvalue weighted by atomic mass is 32.1. The molecule has 1 aromatic heterocycles. The Bertz CT molecular complexity index is 422. The van der Waals surface area contributed by atoms with Crippen molar-refractivity contribution in [3.8, 4) is 0 Å². The van der Waals surface area contributed by atoms with E-state index in [9.17, 15) is 4.79 Å². The number of carbonyl (C=O) groups is 1. The van der Waals surface area contributed by atoms with Crippen molar-refractivity contribution in [2.45, 2.75) is 47.0 Å². The van der Waals surface area contributed by atoms with Crippen LogP contribution in [0.3, 0.4) is 0 Å². The molecule has 4 heteroatoms. The first kappa shape index (κ1) is 15.0. The van der Waals surface area contributed by atoms with E-state index in [1.54, 1.807) is 11.3 Å². The quantitative estimate of drug-likeness (QED) is 0.860. The summed E-state index contributed by atoms with van der Waals surface area (Å²) < 4.78 is 0. The monoisotopic (exact) mass is 268 g/mol. The van der Waals surface area contributed by atoms with E-state index in [4.69, 9.17) is 5.73 Å². The predicted molar refractivity (Wildman–Crippen MR) is 79.4 cm³/mol. The van der Waals surface area contributed by atoms with Gasteiger partial charge in [0, 0.05) is 11.4 Å². The maximum Gasteiger partial charge on any atom is 0.254 e. The topological polar surface area (TPSA) is 55.1 Å². The number of hydrogen-bond donors (Lipinski definition) is 2. The molecule has 102 valence electrons. The molecule has 1 aromatic rings. The van der Waals surface area contributed by atoms with E-state index < -0.39 is 0 Å². The highest BCUT2D eigenvalue weighted by Crippen LogP contribution is 2.37. The zero-order chi connectivity index (χ0) is 13.9. The van der Waals surface area contributed by atoms with Crippen molar-refractivity contribution >= 4 is 22.2 Å². The molecule has 0 atom stereocenters. The lowest BCUT2D eigenvalue weighted by Crippen LogP contribution is -2.24. The van der Waals surface area contributed by atoms with Crippen LogP contribution in [0.1, 0.15) is 61.3 Å². The Morgan fingerprint density at radius 3 is 2.39 bits per heavy atom. The molecule has 3 N–H and O–H groups in total. The molecule has 1 amide bonds. The summed E-state index contributed by atoms with van der Waals surface area (Å²) in [7, 11) is 0. The molecule has 0 spiro atoms. The molecule has 0 radical (unpaired) electrons. The van der Waals surface area contributed by atoms with Gasteiger partial charge in [-0.2, -0.15) is 0 Å². The number of rotatable bonds is 5. The molecular weight excluding hydrogens is 244 g/mol. The molecule has 18 heavy (non-hydrogen) atoms. The number of anilines is 1. The number of hydrogen-bond acceptors (Lipinski definition) is 3. The summed E-state index contributed by atoms with van der Waals surface area (Å²) in [4.78, 5) is 13.4. The van der Waals surface area contributed by atoms with E-state index in [-0.39, 0.29) is 5.91 Å². The number of carbonyl (C=O) groups excluding carboxylic acids is 1. The molecule has 0 aliphatic carbocycles. The molecule has 0 fully saturated rings. The minimum absolute atomic E-state index is 0.0335. The number of nitrogens with two attached hydrogens (primary N) is 1. The Labute approximate surface area is 114 Å². The minimum atomic E-state index is -0.0335. The van der Waals surface area contributed by atoms with Crippen molar-refractivity contribution in [1.29, 1.82) is 0 Å². The van der Waals surface area contributed by atoms with Crippen molar-refractivity contribution in [2.75, 3.05) is 12.3 Å². The van der Waals surface area contributed by atoms with E-state index >= 15 is 0 Å². The van der Waals surface area contributed by atoms with Gasteiger partial charge in [-0.1, -0.05) is 27.7 Å². The second-order valence-electron chi connectivity index (χ2n) is 5.30. The van der Waals surface area contributed by atoms with Crippen LogP contribution in [0.2, 0.25) is 0 Å². The summed E-state index contributed by atoms with van der Waals surface area (Å²) in [5.41, 5.74) is 7.90. The van der Waals surface area contributed by atoms with Crippen LogP contribution in [-0.2, 0) is 6.42 Å².